The molecule has 0 radical (unpaired) electrons. The van der Waals surface area contributed by atoms with Crippen molar-refractivity contribution >= 4 is 22.9 Å². The standard InChI is InChI=1S/C34H60O3Si2/c1-24(23-35)29-18-19-30-26(15-14-20-34(29,30)9)16-17-27-21-28(36-38(10,11)32(3,4)5)22-31(25(27)2)37-39(12,13)33(6,7)8/h16-17,23-24,28-31H,2,14-15,18-22H2,1,3-13H3/b26-16+,27-17-/t24?,28-,29-,30+,31+,34-/m1/s1. The molecule has 0 aromatic carbocycles. The van der Waals surface area contributed by atoms with E-state index in [0.29, 0.717) is 11.8 Å². The molecule has 39 heavy (non-hydrogen) atoms. The molecule has 3 nitrogen and oxygen atoms in total. The molecule has 0 N–H and O–H groups in total. The van der Waals surface area contributed by atoms with Gasteiger partial charge in [-0.25, -0.2) is 0 Å². The zero-order chi connectivity index (χ0) is 29.6. The molecule has 3 fully saturated rings. The van der Waals surface area contributed by atoms with E-state index in [9.17, 15) is 4.79 Å². The van der Waals surface area contributed by atoms with E-state index >= 15 is 0 Å². The first-order chi connectivity index (χ1) is 17.7. The van der Waals surface area contributed by atoms with Crippen LogP contribution < -0.4 is 0 Å². The summed E-state index contributed by atoms with van der Waals surface area (Å²) in [5, 5.41) is 0.323. The SMILES string of the molecule is C=C1/C(=C\C=C2/CCC[C@]3(C)[C@@H](C(C)C=O)CC[C@@H]23)C[C@@H](O[Si](C)(C)C(C)(C)C)C[C@@H]1O[Si](C)(C)C(C)(C)C. The summed E-state index contributed by atoms with van der Waals surface area (Å²) in [6, 6.07) is 0. The van der Waals surface area contributed by atoms with E-state index in [4.69, 9.17) is 8.85 Å². The van der Waals surface area contributed by atoms with E-state index < -0.39 is 16.6 Å². The maximum Gasteiger partial charge on any atom is 0.192 e. The van der Waals surface area contributed by atoms with Gasteiger partial charge < -0.3 is 13.6 Å². The lowest BCUT2D eigenvalue weighted by molar-refractivity contribution is -0.113. The Labute approximate surface area is 243 Å². The monoisotopic (exact) mass is 572 g/mol. The van der Waals surface area contributed by atoms with Crippen LogP contribution in [0.25, 0.3) is 0 Å². The van der Waals surface area contributed by atoms with E-state index in [2.05, 4.69) is 100 Å². The van der Waals surface area contributed by atoms with Gasteiger partial charge in [0.25, 0.3) is 0 Å². The third-order valence-electron chi connectivity index (χ3n) is 11.6. The Morgan fingerprint density at radius 1 is 0.974 bits per heavy atom. The minimum absolute atomic E-state index is 0.0139. The number of rotatable bonds is 7. The Hall–Kier alpha value is -0.756. The summed E-state index contributed by atoms with van der Waals surface area (Å²) < 4.78 is 14.0. The second kappa shape index (κ2) is 11.5. The normalized spacial score (nSPS) is 33.9. The molecule has 0 aromatic heterocycles. The summed E-state index contributed by atoms with van der Waals surface area (Å²) in [5.41, 5.74) is 4.29. The first-order valence-electron chi connectivity index (χ1n) is 15.6. The van der Waals surface area contributed by atoms with Gasteiger partial charge in [-0.3, -0.25) is 0 Å². The molecular weight excluding hydrogens is 513 g/mol. The first kappa shape index (κ1) is 32.8. The molecule has 0 heterocycles. The van der Waals surface area contributed by atoms with Crippen LogP contribution in [0.15, 0.2) is 35.5 Å². The third kappa shape index (κ3) is 6.84. The summed E-state index contributed by atoms with van der Waals surface area (Å²) in [6.07, 6.45) is 14.0. The van der Waals surface area contributed by atoms with Crippen molar-refractivity contribution in [3.8, 4) is 0 Å². The lowest BCUT2D eigenvalue weighted by atomic mass is 9.61. The molecule has 0 aliphatic heterocycles. The molecule has 5 heteroatoms. The van der Waals surface area contributed by atoms with Gasteiger partial charge in [-0.15, -0.1) is 0 Å². The van der Waals surface area contributed by atoms with Gasteiger partial charge in [-0.1, -0.05) is 79.7 Å². The van der Waals surface area contributed by atoms with Crippen LogP contribution in [-0.2, 0) is 13.6 Å². The summed E-state index contributed by atoms with van der Waals surface area (Å²) in [5.74, 6) is 1.24. The first-order valence-corrected chi connectivity index (χ1v) is 21.4. The second-order valence-corrected chi connectivity index (χ2v) is 25.9. The number of carbonyl (C=O) groups excluding carboxylic acids is 1. The fourth-order valence-corrected chi connectivity index (χ4v) is 9.67. The zero-order valence-electron chi connectivity index (χ0n) is 27.5. The van der Waals surface area contributed by atoms with Crippen LogP contribution in [0.5, 0.6) is 0 Å². The van der Waals surface area contributed by atoms with Crippen LogP contribution in [0.3, 0.4) is 0 Å². The van der Waals surface area contributed by atoms with E-state index in [0.717, 1.165) is 18.4 Å². The molecule has 3 aliphatic rings. The summed E-state index contributed by atoms with van der Waals surface area (Å²) in [4.78, 5) is 11.7. The Morgan fingerprint density at radius 3 is 2.13 bits per heavy atom. The van der Waals surface area contributed by atoms with Crippen LogP contribution in [0.1, 0.15) is 100 Å². The number of hydrogen-bond acceptors (Lipinski definition) is 3. The van der Waals surface area contributed by atoms with Crippen molar-refractivity contribution in [1.82, 2.24) is 0 Å². The molecule has 222 valence electrons. The van der Waals surface area contributed by atoms with Gasteiger partial charge in [0.2, 0.25) is 0 Å². The molecule has 3 rings (SSSR count). The lowest BCUT2D eigenvalue weighted by Crippen LogP contribution is -2.49. The maximum atomic E-state index is 11.7. The van der Waals surface area contributed by atoms with Crippen molar-refractivity contribution in [3.63, 3.8) is 0 Å². The van der Waals surface area contributed by atoms with Gasteiger partial charge in [0.15, 0.2) is 16.6 Å². The van der Waals surface area contributed by atoms with Crippen molar-refractivity contribution in [1.29, 1.82) is 0 Å². The van der Waals surface area contributed by atoms with Crippen molar-refractivity contribution < 1.29 is 13.6 Å². The van der Waals surface area contributed by atoms with Crippen LogP contribution >= 0.6 is 0 Å². The van der Waals surface area contributed by atoms with Crippen LogP contribution in [0, 0.1) is 23.2 Å². The molecule has 0 aromatic rings. The highest BCUT2D eigenvalue weighted by molar-refractivity contribution is 6.74. The van der Waals surface area contributed by atoms with Crippen molar-refractivity contribution in [2.45, 2.75) is 149 Å². The molecule has 0 amide bonds. The van der Waals surface area contributed by atoms with E-state index in [1.807, 2.05) is 0 Å². The van der Waals surface area contributed by atoms with Gasteiger partial charge in [-0.05, 0) is 103 Å². The average molecular weight is 573 g/mol. The number of hydrogen-bond donors (Lipinski definition) is 0. The van der Waals surface area contributed by atoms with Crippen LogP contribution in [0.4, 0.5) is 0 Å². The maximum absolute atomic E-state index is 11.7. The van der Waals surface area contributed by atoms with Gasteiger partial charge >= 0.3 is 0 Å². The minimum atomic E-state index is -1.97. The second-order valence-electron chi connectivity index (χ2n) is 16.4. The van der Waals surface area contributed by atoms with Gasteiger partial charge in [-0.2, -0.15) is 0 Å². The third-order valence-corrected chi connectivity index (χ3v) is 20.6. The summed E-state index contributed by atoms with van der Waals surface area (Å²) in [6.45, 7) is 32.6. The quantitative estimate of drug-likeness (QED) is 0.225. The molecule has 3 aliphatic carbocycles. The summed E-state index contributed by atoms with van der Waals surface area (Å²) >= 11 is 0. The molecule has 6 atom stereocenters. The van der Waals surface area contributed by atoms with Gasteiger partial charge in [0.05, 0.1) is 12.2 Å². The lowest BCUT2D eigenvalue weighted by Gasteiger charge is -2.45. The summed E-state index contributed by atoms with van der Waals surface area (Å²) in [7, 11) is -3.89. The van der Waals surface area contributed by atoms with Crippen molar-refractivity contribution in [3.05, 3.63) is 35.5 Å². The average Bonchev–Trinajstić information content (AvgIpc) is 3.15. The van der Waals surface area contributed by atoms with Crippen LogP contribution in [0.2, 0.25) is 36.3 Å². The van der Waals surface area contributed by atoms with E-state index in [-0.39, 0.29) is 33.6 Å². The minimum Gasteiger partial charge on any atom is -0.413 e. The Balaban J connectivity index is 1.93. The fourth-order valence-electron chi connectivity index (χ4n) is 7.00. The molecule has 0 saturated heterocycles. The highest BCUT2D eigenvalue weighted by Gasteiger charge is 2.51. The van der Waals surface area contributed by atoms with Gasteiger partial charge in [0, 0.05) is 12.3 Å². The Bertz CT molecular complexity index is 977. The topological polar surface area (TPSA) is 35.5 Å². The number of carbonyl (C=O) groups is 1. The molecule has 0 spiro atoms. The number of allylic oxidation sites excluding steroid dienone is 3. The van der Waals surface area contributed by atoms with E-state index in [1.54, 1.807) is 5.57 Å². The Morgan fingerprint density at radius 2 is 1.56 bits per heavy atom. The van der Waals surface area contributed by atoms with E-state index in [1.165, 1.54) is 44.0 Å². The smallest absolute Gasteiger partial charge is 0.192 e. The fraction of sp³-hybridized carbons (Fsp3) is 0.794. The molecule has 3 saturated carbocycles. The highest BCUT2D eigenvalue weighted by Crippen LogP contribution is 2.59. The Kier molecular flexibility index (Phi) is 9.65. The molecule has 0 bridgehead atoms. The predicted octanol–water partition coefficient (Wildman–Crippen LogP) is 10.0. The largest absolute Gasteiger partial charge is 0.413 e. The molecule has 1 unspecified atom stereocenters. The van der Waals surface area contributed by atoms with Crippen molar-refractivity contribution in [2.75, 3.05) is 0 Å². The van der Waals surface area contributed by atoms with Crippen molar-refractivity contribution in [2.24, 2.45) is 23.2 Å². The number of fused-ring (bicyclic) bond motifs is 1. The van der Waals surface area contributed by atoms with Crippen LogP contribution in [-0.4, -0.2) is 35.1 Å². The predicted molar refractivity (Wildman–Crippen MR) is 172 cm³/mol. The zero-order valence-corrected chi connectivity index (χ0v) is 29.5. The van der Waals surface area contributed by atoms with Gasteiger partial charge in [0.1, 0.15) is 6.29 Å². The highest BCUT2D eigenvalue weighted by atomic mass is 28.4. The molecular formula is C34H60O3Si2. The number of aldehydes is 1.